The molecule has 2 heteroatoms. The van der Waals surface area contributed by atoms with E-state index < -0.39 is 0 Å². The van der Waals surface area contributed by atoms with Crippen molar-refractivity contribution >= 4 is 0 Å². The van der Waals surface area contributed by atoms with Crippen molar-refractivity contribution in [3.05, 3.63) is 35.9 Å². The van der Waals surface area contributed by atoms with Crippen molar-refractivity contribution < 1.29 is 0 Å². The Balaban J connectivity index is 1.78. The fourth-order valence-electron chi connectivity index (χ4n) is 3.58. The van der Waals surface area contributed by atoms with E-state index in [1.807, 2.05) is 0 Å². The van der Waals surface area contributed by atoms with Gasteiger partial charge in [-0.1, -0.05) is 51.1 Å². The quantitative estimate of drug-likeness (QED) is 0.823. The second-order valence-corrected chi connectivity index (χ2v) is 7.31. The summed E-state index contributed by atoms with van der Waals surface area (Å²) in [6, 6.07) is 11.5. The lowest BCUT2D eigenvalue weighted by atomic mass is 9.79. The topological polar surface area (TPSA) is 15.3 Å². The van der Waals surface area contributed by atoms with Crippen LogP contribution in [0.15, 0.2) is 30.3 Å². The van der Waals surface area contributed by atoms with Gasteiger partial charge < -0.3 is 10.2 Å². The highest BCUT2D eigenvalue weighted by molar-refractivity contribution is 5.23. The fourth-order valence-corrected chi connectivity index (χ4v) is 3.58. The zero-order chi connectivity index (χ0) is 15.3. The normalized spacial score (nSPS) is 21.6. The van der Waals surface area contributed by atoms with E-state index in [0.29, 0.717) is 6.04 Å². The van der Waals surface area contributed by atoms with Crippen molar-refractivity contribution in [3.8, 4) is 0 Å². The Kier molecular flexibility index (Phi) is 5.83. The van der Waals surface area contributed by atoms with Gasteiger partial charge in [0.05, 0.1) is 0 Å². The Morgan fingerprint density at radius 1 is 1.29 bits per heavy atom. The van der Waals surface area contributed by atoms with Crippen molar-refractivity contribution in [1.82, 2.24) is 10.2 Å². The summed E-state index contributed by atoms with van der Waals surface area (Å²) in [6.07, 6.45) is 2.54. The maximum absolute atomic E-state index is 3.77. The van der Waals surface area contributed by atoms with Crippen LogP contribution in [0.1, 0.15) is 46.1 Å². The molecule has 0 spiro atoms. The smallest absolute Gasteiger partial charge is 0.00471 e. The van der Waals surface area contributed by atoms with Crippen LogP contribution in [0.2, 0.25) is 0 Å². The highest BCUT2D eigenvalue weighted by atomic mass is 15.1. The maximum atomic E-state index is 3.77. The number of likely N-dealkylation sites (tertiary alicyclic amines) is 1. The van der Waals surface area contributed by atoms with Gasteiger partial charge in [-0.3, -0.25) is 0 Å². The third-order valence-electron chi connectivity index (χ3n) is 4.94. The van der Waals surface area contributed by atoms with E-state index in [1.165, 1.54) is 44.6 Å². The van der Waals surface area contributed by atoms with Gasteiger partial charge in [-0.05, 0) is 56.3 Å². The lowest BCUT2D eigenvalue weighted by Gasteiger charge is -2.30. The molecule has 1 heterocycles. The lowest BCUT2D eigenvalue weighted by molar-refractivity contribution is 0.327. The summed E-state index contributed by atoms with van der Waals surface area (Å²) in [5.41, 5.74) is 1.68. The Labute approximate surface area is 130 Å². The molecule has 0 amide bonds. The maximum Gasteiger partial charge on any atom is 0.00471 e. The van der Waals surface area contributed by atoms with Crippen LogP contribution in [0.3, 0.4) is 0 Å². The average Bonchev–Trinajstić information content (AvgIpc) is 2.94. The van der Waals surface area contributed by atoms with E-state index >= 15 is 0 Å². The van der Waals surface area contributed by atoms with Gasteiger partial charge in [0.15, 0.2) is 0 Å². The molecule has 1 aliphatic heterocycles. The summed E-state index contributed by atoms with van der Waals surface area (Å²) >= 11 is 0. The molecular weight excluding hydrogens is 256 g/mol. The third kappa shape index (κ3) is 4.82. The van der Waals surface area contributed by atoms with Gasteiger partial charge in [0.1, 0.15) is 0 Å². The highest BCUT2D eigenvalue weighted by Gasteiger charge is 2.25. The molecule has 1 saturated heterocycles. The minimum atomic E-state index is 0.235. The van der Waals surface area contributed by atoms with E-state index in [9.17, 15) is 0 Å². The van der Waals surface area contributed by atoms with E-state index in [0.717, 1.165) is 5.92 Å². The zero-order valence-corrected chi connectivity index (χ0v) is 14.2. The predicted molar refractivity (Wildman–Crippen MR) is 91.8 cm³/mol. The van der Waals surface area contributed by atoms with Gasteiger partial charge in [-0.15, -0.1) is 0 Å². The Morgan fingerprint density at radius 3 is 2.62 bits per heavy atom. The van der Waals surface area contributed by atoms with Gasteiger partial charge in [0, 0.05) is 12.6 Å². The molecule has 0 radical (unpaired) electrons. The van der Waals surface area contributed by atoms with Gasteiger partial charge in [-0.25, -0.2) is 0 Å². The van der Waals surface area contributed by atoms with Crippen molar-refractivity contribution in [2.45, 2.75) is 52.0 Å². The SMILES string of the molecule is CCN1CCC(CNC(C)CC(C)(C)c2ccccc2)C1. The molecule has 2 nitrogen and oxygen atoms in total. The molecule has 1 N–H and O–H groups in total. The number of nitrogens with one attached hydrogen (secondary N) is 1. The van der Waals surface area contributed by atoms with E-state index in [2.05, 4.69) is 68.2 Å². The number of nitrogens with zero attached hydrogens (tertiary/aromatic N) is 1. The van der Waals surface area contributed by atoms with Crippen LogP contribution in [0.25, 0.3) is 0 Å². The predicted octanol–water partition coefficient (Wildman–Crippen LogP) is 3.67. The van der Waals surface area contributed by atoms with Crippen LogP contribution in [-0.2, 0) is 5.41 Å². The van der Waals surface area contributed by atoms with Crippen LogP contribution < -0.4 is 5.32 Å². The minimum Gasteiger partial charge on any atom is -0.314 e. The van der Waals surface area contributed by atoms with Crippen molar-refractivity contribution in [2.75, 3.05) is 26.2 Å². The standard InChI is InChI=1S/C19H32N2/c1-5-21-12-11-17(15-21)14-20-16(2)13-19(3,4)18-9-7-6-8-10-18/h6-10,16-17,20H,5,11-15H2,1-4H3. The molecule has 0 saturated carbocycles. The summed E-state index contributed by atoms with van der Waals surface area (Å²) in [6.45, 7) is 14.2. The second-order valence-electron chi connectivity index (χ2n) is 7.31. The number of hydrogen-bond acceptors (Lipinski definition) is 2. The summed E-state index contributed by atoms with van der Waals surface area (Å²) in [7, 11) is 0. The molecule has 118 valence electrons. The minimum absolute atomic E-state index is 0.235. The van der Waals surface area contributed by atoms with Crippen LogP contribution >= 0.6 is 0 Å². The molecule has 2 rings (SSSR count). The first-order valence-electron chi connectivity index (χ1n) is 8.52. The molecule has 0 aliphatic carbocycles. The van der Waals surface area contributed by atoms with Gasteiger partial charge in [0.2, 0.25) is 0 Å². The molecule has 0 bridgehead atoms. The fraction of sp³-hybridized carbons (Fsp3) is 0.684. The van der Waals surface area contributed by atoms with Gasteiger partial charge >= 0.3 is 0 Å². The molecule has 2 unspecified atom stereocenters. The second kappa shape index (κ2) is 7.42. The van der Waals surface area contributed by atoms with E-state index in [1.54, 1.807) is 0 Å². The number of rotatable bonds is 7. The first kappa shape index (κ1) is 16.5. The molecule has 21 heavy (non-hydrogen) atoms. The summed E-state index contributed by atoms with van der Waals surface area (Å²) in [5.74, 6) is 0.840. The molecule has 2 atom stereocenters. The van der Waals surface area contributed by atoms with Gasteiger partial charge in [-0.2, -0.15) is 0 Å². The van der Waals surface area contributed by atoms with Crippen molar-refractivity contribution in [1.29, 1.82) is 0 Å². The first-order chi connectivity index (χ1) is 10.0. The van der Waals surface area contributed by atoms with Crippen molar-refractivity contribution in [2.24, 2.45) is 5.92 Å². The molecule has 1 aliphatic rings. The number of hydrogen-bond donors (Lipinski definition) is 1. The molecule has 1 aromatic carbocycles. The van der Waals surface area contributed by atoms with Gasteiger partial charge in [0.25, 0.3) is 0 Å². The van der Waals surface area contributed by atoms with Crippen LogP contribution in [0, 0.1) is 5.92 Å². The van der Waals surface area contributed by atoms with Crippen LogP contribution in [0.4, 0.5) is 0 Å². The summed E-state index contributed by atoms with van der Waals surface area (Å²) < 4.78 is 0. The Morgan fingerprint density at radius 2 is 2.00 bits per heavy atom. The zero-order valence-electron chi connectivity index (χ0n) is 14.2. The Hall–Kier alpha value is -0.860. The van der Waals surface area contributed by atoms with Crippen LogP contribution in [0.5, 0.6) is 0 Å². The third-order valence-corrected chi connectivity index (χ3v) is 4.94. The lowest BCUT2D eigenvalue weighted by Crippen LogP contribution is -2.36. The molecular formula is C19H32N2. The monoisotopic (exact) mass is 288 g/mol. The number of benzene rings is 1. The van der Waals surface area contributed by atoms with E-state index in [4.69, 9.17) is 0 Å². The van der Waals surface area contributed by atoms with Crippen molar-refractivity contribution in [3.63, 3.8) is 0 Å². The molecule has 1 fully saturated rings. The highest BCUT2D eigenvalue weighted by Crippen LogP contribution is 2.28. The summed E-state index contributed by atoms with van der Waals surface area (Å²) in [4.78, 5) is 2.56. The largest absolute Gasteiger partial charge is 0.314 e. The summed E-state index contributed by atoms with van der Waals surface area (Å²) in [5, 5.41) is 3.77. The molecule has 0 aromatic heterocycles. The average molecular weight is 288 g/mol. The first-order valence-corrected chi connectivity index (χ1v) is 8.52. The van der Waals surface area contributed by atoms with E-state index in [-0.39, 0.29) is 5.41 Å². The van der Waals surface area contributed by atoms with Crippen LogP contribution in [-0.4, -0.2) is 37.1 Å². The molecule has 1 aromatic rings. The Bertz CT molecular complexity index is 413.